The van der Waals surface area contributed by atoms with Gasteiger partial charge in [0.2, 0.25) is 5.91 Å². The van der Waals surface area contributed by atoms with Gasteiger partial charge in [-0.15, -0.1) is 0 Å². The first-order valence-corrected chi connectivity index (χ1v) is 8.30. The van der Waals surface area contributed by atoms with Crippen LogP contribution >= 0.6 is 0 Å². The summed E-state index contributed by atoms with van der Waals surface area (Å²) in [5.74, 6) is -2.02. The largest absolute Gasteiger partial charge is 0.471 e. The number of hydrogen-bond donors (Lipinski definition) is 2. The molecular formula is C17H22F3N3O2. The Hall–Kier alpha value is -2.09. The lowest BCUT2D eigenvalue weighted by Crippen LogP contribution is -2.43. The van der Waals surface area contributed by atoms with Crippen LogP contribution in [0.1, 0.15) is 31.7 Å². The van der Waals surface area contributed by atoms with Crippen LogP contribution in [0.25, 0.3) is 0 Å². The van der Waals surface area contributed by atoms with Gasteiger partial charge in [-0.1, -0.05) is 18.6 Å². The van der Waals surface area contributed by atoms with Crippen LogP contribution in [0.2, 0.25) is 0 Å². The fraction of sp³-hybridized carbons (Fsp3) is 0.529. The van der Waals surface area contributed by atoms with E-state index in [0.717, 1.165) is 30.7 Å². The van der Waals surface area contributed by atoms with Crippen LogP contribution in [0, 0.1) is 0 Å². The van der Waals surface area contributed by atoms with E-state index >= 15 is 0 Å². The van der Waals surface area contributed by atoms with Gasteiger partial charge in [0.15, 0.2) is 0 Å². The highest BCUT2D eigenvalue weighted by atomic mass is 19.4. The van der Waals surface area contributed by atoms with E-state index in [1.54, 1.807) is 24.3 Å². The van der Waals surface area contributed by atoms with Gasteiger partial charge in [0.25, 0.3) is 0 Å². The molecule has 1 atom stereocenters. The molecule has 1 aromatic rings. The molecule has 0 aliphatic carbocycles. The van der Waals surface area contributed by atoms with Crippen molar-refractivity contribution in [2.75, 3.05) is 18.4 Å². The van der Waals surface area contributed by atoms with Gasteiger partial charge in [0.1, 0.15) is 0 Å². The lowest BCUT2D eigenvalue weighted by Gasteiger charge is -2.23. The average molecular weight is 357 g/mol. The lowest BCUT2D eigenvalue weighted by atomic mass is 10.0. The minimum Gasteiger partial charge on any atom is -0.331 e. The molecule has 1 saturated heterocycles. The standard InChI is InChI=1S/C17H22F3N3O2/c1-2-23(16(25)17(18,19)20)11-12-6-5-7-13(10-12)22-15(24)14-8-3-4-9-21-14/h5-7,10,14,21H,2-4,8-9,11H2,1H3,(H,22,24). The minimum atomic E-state index is -4.89. The van der Waals surface area contributed by atoms with Crippen molar-refractivity contribution in [1.29, 1.82) is 0 Å². The number of nitrogens with zero attached hydrogens (tertiary/aromatic N) is 1. The molecule has 0 spiro atoms. The monoisotopic (exact) mass is 357 g/mol. The number of rotatable bonds is 5. The molecule has 1 aliphatic rings. The second-order valence-corrected chi connectivity index (χ2v) is 6.01. The first-order valence-electron chi connectivity index (χ1n) is 8.30. The van der Waals surface area contributed by atoms with Gasteiger partial charge in [-0.2, -0.15) is 13.2 Å². The van der Waals surface area contributed by atoms with E-state index in [2.05, 4.69) is 10.6 Å². The zero-order valence-electron chi connectivity index (χ0n) is 14.0. The van der Waals surface area contributed by atoms with Crippen molar-refractivity contribution < 1.29 is 22.8 Å². The Morgan fingerprint density at radius 1 is 1.32 bits per heavy atom. The van der Waals surface area contributed by atoms with Crippen molar-refractivity contribution in [3.8, 4) is 0 Å². The second kappa shape index (κ2) is 8.33. The van der Waals surface area contributed by atoms with E-state index in [0.29, 0.717) is 11.3 Å². The molecule has 138 valence electrons. The van der Waals surface area contributed by atoms with Crippen molar-refractivity contribution in [3.63, 3.8) is 0 Å². The minimum absolute atomic E-state index is 0.0546. The Bertz CT molecular complexity index is 613. The summed E-state index contributed by atoms with van der Waals surface area (Å²) in [6.45, 7) is 2.06. The predicted molar refractivity (Wildman–Crippen MR) is 87.9 cm³/mol. The summed E-state index contributed by atoms with van der Waals surface area (Å²) in [5.41, 5.74) is 1.03. The maximum absolute atomic E-state index is 12.6. The normalized spacial score (nSPS) is 17.8. The zero-order valence-corrected chi connectivity index (χ0v) is 14.0. The van der Waals surface area contributed by atoms with Crippen LogP contribution in [0.4, 0.5) is 18.9 Å². The molecule has 25 heavy (non-hydrogen) atoms. The van der Waals surface area contributed by atoms with E-state index in [-0.39, 0.29) is 25.0 Å². The highest BCUT2D eigenvalue weighted by Crippen LogP contribution is 2.21. The van der Waals surface area contributed by atoms with Crippen LogP contribution in [0.5, 0.6) is 0 Å². The summed E-state index contributed by atoms with van der Waals surface area (Å²) in [4.78, 5) is 24.3. The number of halogens is 3. The van der Waals surface area contributed by atoms with E-state index in [1.165, 1.54) is 6.92 Å². The molecule has 8 heteroatoms. The Kier molecular flexibility index (Phi) is 6.41. The summed E-state index contributed by atoms with van der Waals surface area (Å²) in [6.07, 6.45) is -2.11. The molecule has 1 aliphatic heterocycles. The van der Waals surface area contributed by atoms with Crippen LogP contribution in [0.15, 0.2) is 24.3 Å². The van der Waals surface area contributed by atoms with E-state index < -0.39 is 12.1 Å². The third-order valence-corrected chi connectivity index (χ3v) is 4.11. The second-order valence-electron chi connectivity index (χ2n) is 6.01. The Morgan fingerprint density at radius 2 is 2.08 bits per heavy atom. The molecule has 1 aromatic carbocycles. The molecule has 2 N–H and O–H groups in total. The number of piperidine rings is 1. The van der Waals surface area contributed by atoms with Crippen LogP contribution in [0.3, 0.4) is 0 Å². The number of anilines is 1. The third kappa shape index (κ3) is 5.45. The van der Waals surface area contributed by atoms with Crippen molar-refractivity contribution >= 4 is 17.5 Å². The van der Waals surface area contributed by atoms with Crippen molar-refractivity contribution in [3.05, 3.63) is 29.8 Å². The maximum Gasteiger partial charge on any atom is 0.471 e. The number of carbonyl (C=O) groups excluding carboxylic acids is 2. The van der Waals surface area contributed by atoms with Gasteiger partial charge in [-0.25, -0.2) is 0 Å². The Labute approximate surface area is 144 Å². The van der Waals surface area contributed by atoms with E-state index in [4.69, 9.17) is 0 Å². The fourth-order valence-electron chi connectivity index (χ4n) is 2.78. The maximum atomic E-state index is 12.6. The number of amides is 2. The number of carbonyl (C=O) groups is 2. The van der Waals surface area contributed by atoms with Crippen LogP contribution in [-0.2, 0) is 16.1 Å². The molecule has 0 saturated carbocycles. The third-order valence-electron chi connectivity index (χ3n) is 4.11. The summed E-state index contributed by atoms with van der Waals surface area (Å²) >= 11 is 0. The van der Waals surface area contributed by atoms with Crippen molar-refractivity contribution in [1.82, 2.24) is 10.2 Å². The Morgan fingerprint density at radius 3 is 2.68 bits per heavy atom. The fourth-order valence-corrected chi connectivity index (χ4v) is 2.78. The molecule has 0 radical (unpaired) electrons. The van der Waals surface area contributed by atoms with Crippen LogP contribution < -0.4 is 10.6 Å². The van der Waals surface area contributed by atoms with E-state index in [1.807, 2.05) is 0 Å². The van der Waals surface area contributed by atoms with Crippen LogP contribution in [-0.4, -0.2) is 42.0 Å². The molecule has 1 heterocycles. The smallest absolute Gasteiger partial charge is 0.331 e. The summed E-state index contributed by atoms with van der Waals surface area (Å²) in [5, 5.41) is 5.91. The van der Waals surface area contributed by atoms with E-state index in [9.17, 15) is 22.8 Å². The van der Waals surface area contributed by atoms with Gasteiger partial charge in [-0.05, 0) is 44.0 Å². The quantitative estimate of drug-likeness (QED) is 0.852. The van der Waals surface area contributed by atoms with Gasteiger partial charge in [0, 0.05) is 18.8 Å². The van der Waals surface area contributed by atoms with Crippen molar-refractivity contribution in [2.24, 2.45) is 0 Å². The van der Waals surface area contributed by atoms with Gasteiger partial charge >= 0.3 is 12.1 Å². The zero-order chi connectivity index (χ0) is 18.4. The average Bonchev–Trinajstić information content (AvgIpc) is 2.59. The summed E-state index contributed by atoms with van der Waals surface area (Å²) in [7, 11) is 0. The van der Waals surface area contributed by atoms with Gasteiger partial charge in [-0.3, -0.25) is 9.59 Å². The topological polar surface area (TPSA) is 61.4 Å². The number of benzene rings is 1. The Balaban J connectivity index is 2.02. The lowest BCUT2D eigenvalue weighted by molar-refractivity contribution is -0.185. The molecule has 5 nitrogen and oxygen atoms in total. The molecule has 1 unspecified atom stereocenters. The van der Waals surface area contributed by atoms with Gasteiger partial charge < -0.3 is 15.5 Å². The predicted octanol–water partition coefficient (Wildman–Crippen LogP) is 2.68. The molecule has 2 rings (SSSR count). The summed E-state index contributed by atoms with van der Waals surface area (Å²) < 4.78 is 37.8. The number of hydrogen-bond acceptors (Lipinski definition) is 3. The highest BCUT2D eigenvalue weighted by Gasteiger charge is 2.41. The van der Waals surface area contributed by atoms with Crippen molar-refractivity contribution in [2.45, 2.75) is 44.9 Å². The molecule has 0 bridgehead atoms. The molecule has 2 amide bonds. The SMILES string of the molecule is CCN(Cc1cccc(NC(=O)C2CCCCN2)c1)C(=O)C(F)(F)F. The molecule has 0 aromatic heterocycles. The van der Waals surface area contributed by atoms with Gasteiger partial charge in [0.05, 0.1) is 6.04 Å². The first kappa shape index (κ1) is 19.2. The first-order chi connectivity index (χ1) is 11.8. The number of alkyl halides is 3. The highest BCUT2D eigenvalue weighted by molar-refractivity contribution is 5.95. The number of nitrogens with one attached hydrogen (secondary N) is 2. The molecule has 1 fully saturated rings. The molecular weight excluding hydrogens is 335 g/mol. The summed E-state index contributed by atoms with van der Waals surface area (Å²) in [6, 6.07) is 6.28.